The van der Waals surface area contributed by atoms with Crippen molar-refractivity contribution in [2.24, 2.45) is 28.6 Å². The number of rotatable bonds is 7. The van der Waals surface area contributed by atoms with Gasteiger partial charge in [0.1, 0.15) is 12.6 Å². The van der Waals surface area contributed by atoms with Gasteiger partial charge in [0.25, 0.3) is 0 Å². The van der Waals surface area contributed by atoms with Gasteiger partial charge in [-0.25, -0.2) is 9.59 Å². The quantitative estimate of drug-likeness (QED) is 0.377. The van der Waals surface area contributed by atoms with E-state index in [1.807, 2.05) is 30.3 Å². The SMILES string of the molecule is COC(=O)[C@H]1N(C(=O)OCc2ccccc2)C2CC2[C@@]1(C)CCCB1OC2C[C@@H]3C[C@@H](C3(C)C)[C@]2(C)O1. The molecule has 2 heterocycles. The summed E-state index contributed by atoms with van der Waals surface area (Å²) in [7, 11) is 1.20. The first-order chi connectivity index (χ1) is 17.6. The Balaban J connectivity index is 1.09. The topological polar surface area (TPSA) is 74.3 Å². The summed E-state index contributed by atoms with van der Waals surface area (Å²) in [6.45, 7) is 9.32. The van der Waals surface area contributed by atoms with Crippen LogP contribution in [-0.2, 0) is 30.2 Å². The molecule has 0 spiro atoms. The summed E-state index contributed by atoms with van der Waals surface area (Å²) in [6.07, 6.45) is 5.45. The van der Waals surface area contributed by atoms with Crippen molar-refractivity contribution >= 4 is 19.2 Å². The lowest BCUT2D eigenvalue weighted by atomic mass is 9.43. The molecule has 2 bridgehead atoms. The monoisotopic (exact) mass is 509 g/mol. The van der Waals surface area contributed by atoms with E-state index in [4.69, 9.17) is 18.8 Å². The first-order valence-electron chi connectivity index (χ1n) is 14.0. The molecule has 4 aliphatic carbocycles. The zero-order valence-corrected chi connectivity index (χ0v) is 22.8. The minimum atomic E-state index is -0.636. The predicted octanol–water partition coefficient (Wildman–Crippen LogP) is 5.08. The maximum absolute atomic E-state index is 13.2. The van der Waals surface area contributed by atoms with E-state index in [2.05, 4.69) is 27.7 Å². The van der Waals surface area contributed by atoms with Crippen molar-refractivity contribution in [1.82, 2.24) is 4.90 Å². The van der Waals surface area contributed by atoms with Crippen LogP contribution >= 0.6 is 0 Å². The van der Waals surface area contributed by atoms with Crippen LogP contribution in [0.5, 0.6) is 0 Å². The maximum Gasteiger partial charge on any atom is 0.457 e. The highest BCUT2D eigenvalue weighted by atomic mass is 16.7. The molecule has 8 heteroatoms. The molecular formula is C29H40BNO6. The zero-order valence-electron chi connectivity index (χ0n) is 22.8. The van der Waals surface area contributed by atoms with Crippen LogP contribution in [0, 0.1) is 28.6 Å². The molecular weight excluding hydrogens is 469 g/mol. The van der Waals surface area contributed by atoms with E-state index in [1.54, 1.807) is 4.90 Å². The molecule has 0 radical (unpaired) electrons. The third kappa shape index (κ3) is 3.84. The average Bonchev–Trinajstić information content (AvgIpc) is 3.54. The number of carbonyl (C=O) groups is 2. The number of benzene rings is 1. The molecule has 0 N–H and O–H groups in total. The molecule has 2 aliphatic heterocycles. The largest absolute Gasteiger partial charge is 0.467 e. The van der Waals surface area contributed by atoms with Crippen LogP contribution in [-0.4, -0.2) is 55.0 Å². The molecule has 6 aliphatic rings. The first-order valence-corrected chi connectivity index (χ1v) is 14.0. The number of likely N-dealkylation sites (tertiary alicyclic amines) is 1. The van der Waals surface area contributed by atoms with E-state index in [-0.39, 0.29) is 48.8 Å². The average molecular weight is 509 g/mol. The Labute approximate surface area is 220 Å². The minimum Gasteiger partial charge on any atom is -0.467 e. The van der Waals surface area contributed by atoms with E-state index in [0.29, 0.717) is 11.3 Å². The van der Waals surface area contributed by atoms with Crippen molar-refractivity contribution in [3.63, 3.8) is 0 Å². The molecule has 6 fully saturated rings. The molecule has 1 aromatic rings. The fourth-order valence-corrected chi connectivity index (χ4v) is 8.49. The maximum atomic E-state index is 13.2. The van der Waals surface area contributed by atoms with Gasteiger partial charge in [-0.1, -0.05) is 57.5 Å². The summed E-state index contributed by atoms with van der Waals surface area (Å²) in [5, 5.41) is 0. The van der Waals surface area contributed by atoms with Crippen molar-refractivity contribution in [2.45, 2.75) is 96.5 Å². The van der Waals surface area contributed by atoms with Crippen molar-refractivity contribution in [3.8, 4) is 0 Å². The number of ether oxygens (including phenoxy) is 2. The number of carbonyl (C=O) groups excluding carboxylic acids is 2. The lowest BCUT2D eigenvalue weighted by Gasteiger charge is -2.64. The van der Waals surface area contributed by atoms with E-state index in [1.165, 1.54) is 13.5 Å². The molecule has 3 unspecified atom stereocenters. The highest BCUT2D eigenvalue weighted by molar-refractivity contribution is 6.45. The molecule has 2 saturated heterocycles. The van der Waals surface area contributed by atoms with Gasteiger partial charge in [-0.3, -0.25) is 4.90 Å². The van der Waals surface area contributed by atoms with Crippen molar-refractivity contribution < 1.29 is 28.4 Å². The Morgan fingerprint density at radius 3 is 2.57 bits per heavy atom. The second-order valence-electron chi connectivity index (χ2n) is 13.1. The lowest BCUT2D eigenvalue weighted by Crippen LogP contribution is -2.65. The number of amides is 1. The van der Waals surface area contributed by atoms with Gasteiger partial charge in [-0.15, -0.1) is 0 Å². The van der Waals surface area contributed by atoms with Gasteiger partial charge >= 0.3 is 19.2 Å². The van der Waals surface area contributed by atoms with E-state index >= 15 is 0 Å². The number of methoxy groups -OCH3 is 1. The minimum absolute atomic E-state index is 0.0344. The fraction of sp³-hybridized carbons (Fsp3) is 0.724. The summed E-state index contributed by atoms with van der Waals surface area (Å²) in [5.41, 5.74) is 0.693. The van der Waals surface area contributed by atoms with Gasteiger partial charge in [0.15, 0.2) is 0 Å². The summed E-state index contributed by atoms with van der Waals surface area (Å²) < 4.78 is 23.9. The summed E-state index contributed by atoms with van der Waals surface area (Å²) >= 11 is 0. The summed E-state index contributed by atoms with van der Waals surface area (Å²) in [6, 6.07) is 9.01. The molecule has 37 heavy (non-hydrogen) atoms. The molecule has 0 aromatic heterocycles. The van der Waals surface area contributed by atoms with Gasteiger partial charge in [-0.05, 0) is 67.7 Å². The number of piperidine rings is 1. The van der Waals surface area contributed by atoms with E-state index in [9.17, 15) is 9.59 Å². The van der Waals surface area contributed by atoms with Crippen molar-refractivity contribution in [3.05, 3.63) is 35.9 Å². The molecule has 7 rings (SSSR count). The molecule has 1 amide bonds. The molecule has 4 saturated carbocycles. The van der Waals surface area contributed by atoms with Crippen molar-refractivity contribution in [2.75, 3.05) is 7.11 Å². The number of esters is 1. The van der Waals surface area contributed by atoms with Crippen LogP contribution in [0.2, 0.25) is 6.32 Å². The zero-order chi connectivity index (χ0) is 26.2. The second kappa shape index (κ2) is 8.73. The summed E-state index contributed by atoms with van der Waals surface area (Å²) in [4.78, 5) is 27.8. The van der Waals surface area contributed by atoms with E-state index < -0.39 is 12.1 Å². The Bertz CT molecular complexity index is 1070. The Morgan fingerprint density at radius 1 is 1.11 bits per heavy atom. The molecule has 1 aromatic carbocycles. The Kier molecular flexibility index (Phi) is 5.96. The Morgan fingerprint density at radius 2 is 1.86 bits per heavy atom. The third-order valence-electron chi connectivity index (χ3n) is 10.9. The second-order valence-corrected chi connectivity index (χ2v) is 13.1. The van der Waals surface area contributed by atoms with Crippen LogP contribution in [0.1, 0.15) is 65.4 Å². The van der Waals surface area contributed by atoms with Gasteiger partial charge in [0.05, 0.1) is 18.8 Å². The molecule has 8 atom stereocenters. The first kappa shape index (κ1) is 25.2. The smallest absolute Gasteiger partial charge is 0.457 e. The summed E-state index contributed by atoms with van der Waals surface area (Å²) in [5.74, 6) is 1.20. The fourth-order valence-electron chi connectivity index (χ4n) is 8.49. The van der Waals surface area contributed by atoms with E-state index in [0.717, 1.165) is 43.5 Å². The van der Waals surface area contributed by atoms with Crippen LogP contribution in [0.15, 0.2) is 30.3 Å². The van der Waals surface area contributed by atoms with Gasteiger partial charge in [-0.2, -0.15) is 0 Å². The predicted molar refractivity (Wildman–Crippen MR) is 138 cm³/mol. The number of hydrogen-bond donors (Lipinski definition) is 0. The molecule has 7 nitrogen and oxygen atoms in total. The normalized spacial score (nSPS) is 40.5. The van der Waals surface area contributed by atoms with Crippen LogP contribution in [0.3, 0.4) is 0 Å². The Hall–Kier alpha value is -2.06. The number of nitrogens with zero attached hydrogens (tertiary/aromatic N) is 1. The lowest BCUT2D eigenvalue weighted by molar-refractivity contribution is -0.199. The molecule has 200 valence electrons. The van der Waals surface area contributed by atoms with Gasteiger partial charge in [0, 0.05) is 11.5 Å². The van der Waals surface area contributed by atoms with Crippen LogP contribution < -0.4 is 0 Å². The van der Waals surface area contributed by atoms with Crippen molar-refractivity contribution in [1.29, 1.82) is 0 Å². The highest BCUT2D eigenvalue weighted by Gasteiger charge is 2.70. The van der Waals surface area contributed by atoms with Gasteiger partial charge < -0.3 is 18.8 Å². The number of hydrogen-bond acceptors (Lipinski definition) is 6. The van der Waals surface area contributed by atoms with Crippen LogP contribution in [0.25, 0.3) is 0 Å². The highest BCUT2D eigenvalue weighted by Crippen LogP contribution is 2.66. The van der Waals surface area contributed by atoms with Crippen LogP contribution in [0.4, 0.5) is 4.79 Å². The van der Waals surface area contributed by atoms with Gasteiger partial charge in [0.2, 0.25) is 0 Å². The standard InChI is InChI=1S/C29H40BNO6/c1-27(2)19-14-22(27)29(4)23(15-19)36-30(37-29)13-9-12-28(3)20-16-21(20)31(24(28)25(32)34-5)26(33)35-17-18-10-7-6-8-11-18/h6-8,10-11,19-24H,9,12-17H2,1-5H3/t19-,20?,21?,22-,23?,24+,28+,29-/m0/s1. The third-order valence-corrected chi connectivity index (χ3v) is 10.9. The number of fused-ring (bicyclic) bond motifs is 1.